The maximum absolute atomic E-state index is 13.5. The zero-order chi connectivity index (χ0) is 24.6. The minimum absolute atomic E-state index is 0.0269. The van der Waals surface area contributed by atoms with Crippen molar-refractivity contribution in [3.63, 3.8) is 0 Å². The molecule has 2 atom stereocenters. The molecule has 180 valence electrons. The Morgan fingerprint density at radius 3 is 2.33 bits per heavy atom. The molecule has 2 heterocycles. The number of hydrogen-bond donors (Lipinski definition) is 0. The Hall–Kier alpha value is -4.04. The van der Waals surface area contributed by atoms with Crippen LogP contribution in [0.15, 0.2) is 72.8 Å². The van der Waals surface area contributed by atoms with Crippen LogP contribution in [0.2, 0.25) is 0 Å². The molecule has 1 fully saturated rings. The van der Waals surface area contributed by atoms with Gasteiger partial charge in [0.2, 0.25) is 0 Å². The van der Waals surface area contributed by atoms with E-state index in [4.69, 9.17) is 9.47 Å². The summed E-state index contributed by atoms with van der Waals surface area (Å²) in [5.41, 5.74) is 7.46. The lowest BCUT2D eigenvalue weighted by Crippen LogP contribution is -2.51. The normalized spacial score (nSPS) is 20.1. The second-order valence-corrected chi connectivity index (χ2v) is 9.75. The van der Waals surface area contributed by atoms with E-state index in [1.807, 2.05) is 23.1 Å². The Morgan fingerprint density at radius 1 is 0.972 bits per heavy atom. The first-order valence-corrected chi connectivity index (χ1v) is 12.6. The minimum atomic E-state index is -0.243. The van der Waals surface area contributed by atoms with Gasteiger partial charge >= 0.3 is 6.09 Å². The SMILES string of the molecule is COc1cccc(C2=CC3CCCC(C2)N3C(=O)OCC2c3ccccc3-c3ccccc32)c1C#N. The van der Waals surface area contributed by atoms with Crippen molar-refractivity contribution in [3.8, 4) is 22.9 Å². The smallest absolute Gasteiger partial charge is 0.410 e. The summed E-state index contributed by atoms with van der Waals surface area (Å²) in [4.78, 5) is 15.4. The van der Waals surface area contributed by atoms with Gasteiger partial charge in [-0.05, 0) is 65.1 Å². The molecule has 2 bridgehead atoms. The fraction of sp³-hybridized carbons (Fsp3) is 0.290. The summed E-state index contributed by atoms with van der Waals surface area (Å²) < 4.78 is 11.4. The van der Waals surface area contributed by atoms with Crippen molar-refractivity contribution in [2.75, 3.05) is 13.7 Å². The molecule has 0 aromatic heterocycles. The van der Waals surface area contributed by atoms with E-state index in [0.717, 1.165) is 30.4 Å². The van der Waals surface area contributed by atoms with Crippen LogP contribution in [-0.2, 0) is 4.74 Å². The predicted octanol–water partition coefficient (Wildman–Crippen LogP) is 6.53. The van der Waals surface area contributed by atoms with Gasteiger partial charge in [-0.3, -0.25) is 4.90 Å². The van der Waals surface area contributed by atoms with Crippen molar-refractivity contribution in [2.24, 2.45) is 0 Å². The Bertz CT molecular complexity index is 1360. The fourth-order valence-electron chi connectivity index (χ4n) is 6.27. The molecular weight excluding hydrogens is 448 g/mol. The number of carbonyl (C=O) groups is 1. The number of nitriles is 1. The highest BCUT2D eigenvalue weighted by Crippen LogP contribution is 2.45. The minimum Gasteiger partial charge on any atom is -0.495 e. The van der Waals surface area contributed by atoms with Crippen molar-refractivity contribution < 1.29 is 14.3 Å². The van der Waals surface area contributed by atoms with Gasteiger partial charge in [0.1, 0.15) is 24.0 Å². The number of rotatable bonds is 4. The van der Waals surface area contributed by atoms with Gasteiger partial charge in [0.05, 0.1) is 13.2 Å². The highest BCUT2D eigenvalue weighted by Gasteiger charge is 2.39. The van der Waals surface area contributed by atoms with Gasteiger partial charge in [0.15, 0.2) is 0 Å². The first-order valence-electron chi connectivity index (χ1n) is 12.6. The Morgan fingerprint density at radius 2 is 1.67 bits per heavy atom. The Kier molecular flexibility index (Phi) is 5.73. The molecule has 0 saturated carbocycles. The third kappa shape index (κ3) is 3.65. The molecule has 3 aromatic carbocycles. The van der Waals surface area contributed by atoms with Crippen LogP contribution in [0, 0.1) is 11.3 Å². The van der Waals surface area contributed by atoms with Crippen LogP contribution < -0.4 is 4.74 Å². The maximum Gasteiger partial charge on any atom is 0.410 e. The summed E-state index contributed by atoms with van der Waals surface area (Å²) in [6.07, 6.45) is 5.54. The molecule has 1 saturated heterocycles. The largest absolute Gasteiger partial charge is 0.495 e. The fourth-order valence-corrected chi connectivity index (χ4v) is 6.27. The van der Waals surface area contributed by atoms with Gasteiger partial charge in [-0.15, -0.1) is 0 Å². The second-order valence-electron chi connectivity index (χ2n) is 9.75. The number of methoxy groups -OCH3 is 1. The molecule has 3 aliphatic rings. The van der Waals surface area contributed by atoms with Crippen molar-refractivity contribution in [1.82, 2.24) is 4.90 Å². The zero-order valence-electron chi connectivity index (χ0n) is 20.3. The lowest BCUT2D eigenvalue weighted by atomic mass is 9.82. The van der Waals surface area contributed by atoms with Gasteiger partial charge in [0, 0.05) is 12.0 Å². The monoisotopic (exact) mass is 476 g/mol. The predicted molar refractivity (Wildman–Crippen MR) is 139 cm³/mol. The quantitative estimate of drug-likeness (QED) is 0.430. The first kappa shape index (κ1) is 22.4. The van der Waals surface area contributed by atoms with E-state index >= 15 is 0 Å². The van der Waals surface area contributed by atoms with Crippen molar-refractivity contribution in [2.45, 2.75) is 43.7 Å². The number of amides is 1. The lowest BCUT2D eigenvalue weighted by molar-refractivity contribution is 0.0539. The van der Waals surface area contributed by atoms with E-state index in [2.05, 4.69) is 60.7 Å². The molecular formula is C31H28N2O3. The van der Waals surface area contributed by atoms with Crippen molar-refractivity contribution in [1.29, 1.82) is 5.26 Å². The molecule has 0 N–H and O–H groups in total. The third-order valence-electron chi connectivity index (χ3n) is 7.89. The van der Waals surface area contributed by atoms with Crippen LogP contribution in [0.4, 0.5) is 4.79 Å². The van der Waals surface area contributed by atoms with Gasteiger partial charge in [-0.2, -0.15) is 5.26 Å². The second kappa shape index (κ2) is 9.20. The number of ether oxygens (including phenoxy) is 2. The molecule has 1 aliphatic carbocycles. The molecule has 6 rings (SSSR count). The summed E-state index contributed by atoms with van der Waals surface area (Å²) in [6, 6.07) is 24.8. The summed E-state index contributed by atoms with van der Waals surface area (Å²) in [6.45, 7) is 0.327. The third-order valence-corrected chi connectivity index (χ3v) is 7.89. The highest BCUT2D eigenvalue weighted by atomic mass is 16.6. The van der Waals surface area contributed by atoms with Gasteiger partial charge in [-0.25, -0.2) is 4.79 Å². The molecule has 3 aromatic rings. The summed E-state index contributed by atoms with van der Waals surface area (Å²) in [7, 11) is 1.59. The van der Waals surface area contributed by atoms with E-state index in [-0.39, 0.29) is 24.1 Å². The molecule has 2 aliphatic heterocycles. The van der Waals surface area contributed by atoms with Crippen LogP contribution >= 0.6 is 0 Å². The summed E-state index contributed by atoms with van der Waals surface area (Å²) in [5, 5.41) is 9.78. The summed E-state index contributed by atoms with van der Waals surface area (Å²) in [5.74, 6) is 0.632. The average Bonchev–Trinajstić information content (AvgIpc) is 3.24. The van der Waals surface area contributed by atoms with Gasteiger partial charge < -0.3 is 9.47 Å². The number of fused-ring (bicyclic) bond motifs is 5. The van der Waals surface area contributed by atoms with E-state index in [1.54, 1.807) is 7.11 Å². The molecule has 0 radical (unpaired) electrons. The van der Waals surface area contributed by atoms with Crippen molar-refractivity contribution in [3.05, 3.63) is 95.1 Å². The molecule has 36 heavy (non-hydrogen) atoms. The van der Waals surface area contributed by atoms with E-state index < -0.39 is 0 Å². The average molecular weight is 477 g/mol. The Balaban J connectivity index is 1.24. The van der Waals surface area contributed by atoms with Gasteiger partial charge in [0.25, 0.3) is 0 Å². The van der Waals surface area contributed by atoms with Crippen LogP contribution in [0.5, 0.6) is 5.75 Å². The maximum atomic E-state index is 13.5. The molecule has 1 amide bonds. The molecule has 0 spiro atoms. The topological polar surface area (TPSA) is 62.6 Å². The number of nitrogens with zero attached hydrogens (tertiary/aromatic N) is 2. The van der Waals surface area contributed by atoms with Crippen LogP contribution in [0.25, 0.3) is 16.7 Å². The molecule has 2 unspecified atom stereocenters. The van der Waals surface area contributed by atoms with E-state index in [0.29, 0.717) is 24.3 Å². The standard InChI is InChI=1S/C31H28N2O3/c1-35-30-15-7-14-23(28(30)18-32)20-16-21-8-6-9-22(17-20)33(21)31(34)36-19-29-26-12-4-2-10-24(26)25-11-3-5-13-27(25)29/h2-5,7,10-16,21-22,29H,6,8-9,17,19H2,1H3. The van der Waals surface area contributed by atoms with E-state index in [1.165, 1.54) is 22.3 Å². The van der Waals surface area contributed by atoms with Crippen LogP contribution in [-0.4, -0.2) is 36.8 Å². The molecule has 5 heteroatoms. The van der Waals surface area contributed by atoms with Gasteiger partial charge in [-0.1, -0.05) is 66.7 Å². The number of piperidine rings is 1. The number of carbonyl (C=O) groups excluding carboxylic acids is 1. The van der Waals surface area contributed by atoms with Crippen LogP contribution in [0.3, 0.4) is 0 Å². The zero-order valence-corrected chi connectivity index (χ0v) is 20.3. The van der Waals surface area contributed by atoms with Crippen molar-refractivity contribution >= 4 is 11.7 Å². The van der Waals surface area contributed by atoms with E-state index in [9.17, 15) is 10.1 Å². The number of hydrogen-bond acceptors (Lipinski definition) is 4. The Labute approximate surface area is 211 Å². The lowest BCUT2D eigenvalue weighted by Gasteiger charge is -2.44. The summed E-state index contributed by atoms with van der Waals surface area (Å²) >= 11 is 0. The first-order chi connectivity index (χ1) is 17.7. The van der Waals surface area contributed by atoms with Crippen LogP contribution in [0.1, 0.15) is 53.9 Å². The highest BCUT2D eigenvalue weighted by molar-refractivity contribution is 5.80. The molecule has 5 nitrogen and oxygen atoms in total. The number of benzene rings is 3.